The van der Waals surface area contributed by atoms with E-state index in [4.69, 9.17) is 10.6 Å². The fourth-order valence-electron chi connectivity index (χ4n) is 2.01. The molecule has 0 atom stereocenters. The van der Waals surface area contributed by atoms with Gasteiger partial charge in [-0.3, -0.25) is 0 Å². The summed E-state index contributed by atoms with van der Waals surface area (Å²) >= 11 is 1.36. The van der Waals surface area contributed by atoms with Crippen molar-refractivity contribution in [2.24, 2.45) is 5.84 Å². The van der Waals surface area contributed by atoms with Crippen molar-refractivity contribution in [2.75, 3.05) is 12.0 Å². The molecule has 0 unspecified atom stereocenters. The molecule has 0 bridgehead atoms. The molecule has 0 aliphatic carbocycles. The van der Waals surface area contributed by atoms with E-state index in [-0.39, 0.29) is 12.4 Å². The van der Waals surface area contributed by atoms with E-state index >= 15 is 0 Å². The number of esters is 1. The third kappa shape index (κ3) is 2.66. The molecule has 0 spiro atoms. The van der Waals surface area contributed by atoms with Gasteiger partial charge in [0.1, 0.15) is 16.4 Å². The summed E-state index contributed by atoms with van der Waals surface area (Å²) in [7, 11) is 0. The van der Waals surface area contributed by atoms with Gasteiger partial charge in [-0.05, 0) is 31.5 Å². The predicted octanol–water partition coefficient (Wildman–Crippen LogP) is 3.32. The Morgan fingerprint density at radius 3 is 2.60 bits per heavy atom. The summed E-state index contributed by atoms with van der Waals surface area (Å²) in [6.07, 6.45) is 0. The molecular formula is C14H15FN2O2S. The molecule has 0 radical (unpaired) electrons. The van der Waals surface area contributed by atoms with Crippen LogP contribution in [0.3, 0.4) is 0 Å². The molecule has 0 amide bonds. The van der Waals surface area contributed by atoms with Gasteiger partial charge in [0.25, 0.3) is 0 Å². The molecule has 106 valence electrons. The topological polar surface area (TPSA) is 64.3 Å². The molecule has 0 fully saturated rings. The van der Waals surface area contributed by atoms with Crippen LogP contribution in [0.5, 0.6) is 0 Å². The van der Waals surface area contributed by atoms with Gasteiger partial charge in [-0.1, -0.05) is 12.1 Å². The second-order valence-electron chi connectivity index (χ2n) is 4.11. The number of halogens is 1. The van der Waals surface area contributed by atoms with E-state index in [9.17, 15) is 9.18 Å². The fourth-order valence-corrected chi connectivity index (χ4v) is 2.98. The number of anilines is 1. The number of benzene rings is 1. The first-order chi connectivity index (χ1) is 9.58. The van der Waals surface area contributed by atoms with E-state index < -0.39 is 5.97 Å². The third-order valence-electron chi connectivity index (χ3n) is 2.83. The summed E-state index contributed by atoms with van der Waals surface area (Å²) in [5.74, 6) is 4.70. The van der Waals surface area contributed by atoms with Gasteiger partial charge in [-0.15, -0.1) is 11.3 Å². The summed E-state index contributed by atoms with van der Waals surface area (Å²) in [5.41, 5.74) is 4.39. The SMILES string of the molecule is CCOC(=O)c1c(NN)sc(C)c1-c1ccc(F)cc1. The van der Waals surface area contributed by atoms with Gasteiger partial charge >= 0.3 is 5.97 Å². The molecule has 3 N–H and O–H groups in total. The van der Waals surface area contributed by atoms with Crippen LogP contribution < -0.4 is 11.3 Å². The van der Waals surface area contributed by atoms with Crippen LogP contribution in [0.2, 0.25) is 0 Å². The maximum atomic E-state index is 13.0. The van der Waals surface area contributed by atoms with Crippen LogP contribution >= 0.6 is 11.3 Å². The first kappa shape index (κ1) is 14.5. The molecule has 1 aromatic heterocycles. The highest BCUT2D eigenvalue weighted by molar-refractivity contribution is 7.17. The lowest BCUT2D eigenvalue weighted by Crippen LogP contribution is -2.12. The largest absolute Gasteiger partial charge is 0.462 e. The van der Waals surface area contributed by atoms with Gasteiger partial charge in [0.2, 0.25) is 0 Å². The standard InChI is InChI=1S/C14H15FN2O2S/c1-3-19-14(18)12-11(8(2)20-13(12)17-16)9-4-6-10(15)7-5-9/h4-7,17H,3,16H2,1-2H3. The first-order valence-corrected chi connectivity index (χ1v) is 6.93. The lowest BCUT2D eigenvalue weighted by molar-refractivity contribution is 0.0529. The van der Waals surface area contributed by atoms with E-state index in [1.54, 1.807) is 19.1 Å². The molecule has 2 rings (SSSR count). The Kier molecular flexibility index (Phi) is 4.36. The van der Waals surface area contributed by atoms with E-state index in [0.29, 0.717) is 10.6 Å². The second kappa shape index (κ2) is 6.02. The quantitative estimate of drug-likeness (QED) is 0.516. The summed E-state index contributed by atoms with van der Waals surface area (Å²) in [5, 5.41) is 0.542. The molecule has 0 saturated carbocycles. The van der Waals surface area contributed by atoms with Crippen LogP contribution in [0.15, 0.2) is 24.3 Å². The Labute approximate surface area is 120 Å². The average molecular weight is 294 g/mol. The monoisotopic (exact) mass is 294 g/mol. The summed E-state index contributed by atoms with van der Waals surface area (Å²) < 4.78 is 18.1. The fraction of sp³-hybridized carbons (Fsp3) is 0.214. The highest BCUT2D eigenvalue weighted by Gasteiger charge is 2.23. The highest BCUT2D eigenvalue weighted by atomic mass is 32.1. The number of hydrogen-bond donors (Lipinski definition) is 2. The predicted molar refractivity (Wildman–Crippen MR) is 78.2 cm³/mol. The molecule has 20 heavy (non-hydrogen) atoms. The Morgan fingerprint density at radius 1 is 1.40 bits per heavy atom. The van der Waals surface area contributed by atoms with Crippen LogP contribution in [-0.4, -0.2) is 12.6 Å². The van der Waals surface area contributed by atoms with Crippen LogP contribution in [-0.2, 0) is 4.74 Å². The van der Waals surface area contributed by atoms with Crippen molar-refractivity contribution in [3.8, 4) is 11.1 Å². The minimum absolute atomic E-state index is 0.278. The van der Waals surface area contributed by atoms with Crippen molar-refractivity contribution >= 4 is 22.3 Å². The molecule has 0 aliphatic heterocycles. The van der Waals surface area contributed by atoms with E-state index in [2.05, 4.69) is 5.43 Å². The van der Waals surface area contributed by atoms with Crippen molar-refractivity contribution in [1.82, 2.24) is 0 Å². The molecule has 1 aromatic carbocycles. The number of nitrogens with one attached hydrogen (secondary N) is 1. The molecule has 4 nitrogen and oxygen atoms in total. The van der Waals surface area contributed by atoms with Crippen molar-refractivity contribution in [2.45, 2.75) is 13.8 Å². The van der Waals surface area contributed by atoms with Crippen molar-refractivity contribution in [1.29, 1.82) is 0 Å². The molecule has 2 aromatic rings. The summed E-state index contributed by atoms with van der Waals surface area (Å²) in [6, 6.07) is 5.98. The maximum Gasteiger partial charge on any atom is 0.341 e. The highest BCUT2D eigenvalue weighted by Crippen LogP contribution is 2.39. The van der Waals surface area contributed by atoms with E-state index in [0.717, 1.165) is 16.0 Å². The molecule has 1 heterocycles. The van der Waals surface area contributed by atoms with Gasteiger partial charge in [-0.25, -0.2) is 15.0 Å². The molecule has 0 aliphatic rings. The smallest absolute Gasteiger partial charge is 0.341 e. The minimum Gasteiger partial charge on any atom is -0.462 e. The van der Waals surface area contributed by atoms with Crippen LogP contribution in [0, 0.1) is 12.7 Å². The zero-order valence-corrected chi connectivity index (χ0v) is 12.0. The molecular weight excluding hydrogens is 279 g/mol. The number of aryl methyl sites for hydroxylation is 1. The molecule has 6 heteroatoms. The van der Waals surface area contributed by atoms with Crippen molar-refractivity contribution < 1.29 is 13.9 Å². The number of nitrogen functional groups attached to an aromatic ring is 1. The Balaban J connectivity index is 2.59. The van der Waals surface area contributed by atoms with Crippen molar-refractivity contribution in [3.63, 3.8) is 0 Å². The number of carbonyl (C=O) groups excluding carboxylic acids is 1. The summed E-state index contributed by atoms with van der Waals surface area (Å²) in [6.45, 7) is 3.90. The zero-order chi connectivity index (χ0) is 14.7. The Hall–Kier alpha value is -1.92. The molecule has 0 saturated heterocycles. The van der Waals surface area contributed by atoms with Crippen LogP contribution in [0.4, 0.5) is 9.39 Å². The first-order valence-electron chi connectivity index (χ1n) is 6.11. The Bertz CT molecular complexity index is 623. The zero-order valence-electron chi connectivity index (χ0n) is 11.2. The van der Waals surface area contributed by atoms with Crippen molar-refractivity contribution in [3.05, 3.63) is 40.5 Å². The van der Waals surface area contributed by atoms with Gasteiger partial charge in [0.05, 0.1) is 6.61 Å². The number of rotatable bonds is 4. The summed E-state index contributed by atoms with van der Waals surface area (Å²) in [4.78, 5) is 13.0. The third-order valence-corrected chi connectivity index (χ3v) is 3.86. The van der Waals surface area contributed by atoms with E-state index in [1.807, 2.05) is 6.92 Å². The second-order valence-corrected chi connectivity index (χ2v) is 5.33. The number of thiophene rings is 1. The lowest BCUT2D eigenvalue weighted by Gasteiger charge is -2.07. The number of ether oxygens (including phenoxy) is 1. The number of nitrogens with two attached hydrogens (primary N) is 1. The van der Waals surface area contributed by atoms with Gasteiger partial charge in [-0.2, -0.15) is 0 Å². The Morgan fingerprint density at radius 2 is 2.05 bits per heavy atom. The van der Waals surface area contributed by atoms with Crippen LogP contribution in [0.1, 0.15) is 22.2 Å². The minimum atomic E-state index is -0.441. The number of hydrogen-bond acceptors (Lipinski definition) is 5. The van der Waals surface area contributed by atoms with Gasteiger partial charge in [0, 0.05) is 10.4 Å². The van der Waals surface area contributed by atoms with Crippen LogP contribution in [0.25, 0.3) is 11.1 Å². The number of hydrazine groups is 1. The average Bonchev–Trinajstić information content (AvgIpc) is 2.77. The number of carbonyl (C=O) groups is 1. The van der Waals surface area contributed by atoms with E-state index in [1.165, 1.54) is 23.5 Å². The lowest BCUT2D eigenvalue weighted by atomic mass is 10.0. The normalized spacial score (nSPS) is 10.4. The van der Waals surface area contributed by atoms with Gasteiger partial charge in [0.15, 0.2) is 0 Å². The maximum absolute atomic E-state index is 13.0. The van der Waals surface area contributed by atoms with Gasteiger partial charge < -0.3 is 10.2 Å².